The van der Waals surface area contributed by atoms with Crippen LogP contribution in [0.3, 0.4) is 0 Å². The predicted octanol–water partition coefficient (Wildman–Crippen LogP) is 3.88. The van der Waals surface area contributed by atoms with Gasteiger partial charge in [-0.15, -0.1) is 0 Å². The number of benzene rings is 1. The third-order valence-corrected chi connectivity index (χ3v) is 3.14. The molecule has 0 saturated heterocycles. The van der Waals surface area contributed by atoms with E-state index in [0.29, 0.717) is 6.42 Å². The Morgan fingerprint density at radius 2 is 2.11 bits per heavy atom. The van der Waals surface area contributed by atoms with Gasteiger partial charge in [-0.3, -0.25) is 0 Å². The van der Waals surface area contributed by atoms with Gasteiger partial charge in [0.2, 0.25) is 0 Å². The molecule has 0 spiro atoms. The Hall–Kier alpha value is -1.32. The van der Waals surface area contributed by atoms with Gasteiger partial charge in [-0.2, -0.15) is 0 Å². The van der Waals surface area contributed by atoms with Gasteiger partial charge < -0.3 is 10.2 Å². The van der Waals surface area contributed by atoms with Crippen LogP contribution in [0.1, 0.15) is 30.0 Å². The van der Waals surface area contributed by atoms with Crippen molar-refractivity contribution in [1.82, 2.24) is 0 Å². The molecule has 0 aliphatic heterocycles. The van der Waals surface area contributed by atoms with Crippen LogP contribution in [0, 0.1) is 5.82 Å². The van der Waals surface area contributed by atoms with E-state index in [9.17, 15) is 4.39 Å². The van der Waals surface area contributed by atoms with Gasteiger partial charge in [0.05, 0.1) is 11.1 Å². The summed E-state index contributed by atoms with van der Waals surface area (Å²) in [5.74, 6) is 1.21. The number of furan rings is 1. The molecule has 0 aliphatic rings. The summed E-state index contributed by atoms with van der Waals surface area (Å²) >= 11 is 5.63. The van der Waals surface area contributed by atoms with Crippen molar-refractivity contribution in [1.29, 1.82) is 0 Å². The number of hydrogen-bond donors (Lipinski definition) is 1. The molecule has 4 heteroatoms. The van der Waals surface area contributed by atoms with E-state index in [-0.39, 0.29) is 11.1 Å². The smallest absolute Gasteiger partial charge is 0.142 e. The van der Waals surface area contributed by atoms with Crippen LogP contribution in [-0.4, -0.2) is 0 Å². The fourth-order valence-electron chi connectivity index (χ4n) is 1.80. The lowest BCUT2D eigenvalue weighted by Crippen LogP contribution is -2.12. The van der Waals surface area contributed by atoms with Gasteiger partial charge in [-0.25, -0.2) is 4.39 Å². The maximum absolute atomic E-state index is 13.3. The Kier molecular flexibility index (Phi) is 4.04. The fourth-order valence-corrected chi connectivity index (χ4v) is 1.92. The van der Waals surface area contributed by atoms with Crippen molar-refractivity contribution in [2.45, 2.75) is 25.8 Å². The standard InChI is InChI=1S/C14H15ClFNO/c1-2-10-4-6-14(18-10)13(17)8-9-3-5-11(15)12(16)7-9/h3-7,13H,2,8,17H2,1H3. The minimum atomic E-state index is -0.421. The summed E-state index contributed by atoms with van der Waals surface area (Å²) in [5, 5.41) is 0.124. The van der Waals surface area contributed by atoms with Gasteiger partial charge in [0.15, 0.2) is 0 Å². The predicted molar refractivity (Wildman–Crippen MR) is 70.1 cm³/mol. The molecule has 0 amide bonds. The summed E-state index contributed by atoms with van der Waals surface area (Å²) < 4.78 is 18.9. The zero-order chi connectivity index (χ0) is 13.1. The average molecular weight is 268 g/mol. The quantitative estimate of drug-likeness (QED) is 0.913. The average Bonchev–Trinajstić information content (AvgIpc) is 2.82. The van der Waals surface area contributed by atoms with Crippen LogP contribution >= 0.6 is 11.6 Å². The van der Waals surface area contributed by atoms with Crippen LogP contribution in [-0.2, 0) is 12.8 Å². The summed E-state index contributed by atoms with van der Waals surface area (Å²) in [5.41, 5.74) is 6.84. The second-order valence-corrected chi connectivity index (χ2v) is 4.62. The SMILES string of the molecule is CCc1ccc(C(N)Cc2ccc(Cl)c(F)c2)o1. The monoisotopic (exact) mass is 267 g/mol. The number of hydrogen-bond acceptors (Lipinski definition) is 2. The molecule has 2 N–H and O–H groups in total. The first-order chi connectivity index (χ1) is 8.60. The molecule has 0 bridgehead atoms. The first kappa shape index (κ1) is 13.1. The number of aryl methyl sites for hydroxylation is 1. The summed E-state index contributed by atoms with van der Waals surface area (Å²) in [6.45, 7) is 2.02. The Bertz CT molecular complexity index is 538. The first-order valence-electron chi connectivity index (χ1n) is 5.88. The van der Waals surface area contributed by atoms with E-state index in [4.69, 9.17) is 21.8 Å². The number of nitrogens with two attached hydrogens (primary N) is 1. The van der Waals surface area contributed by atoms with Crippen molar-refractivity contribution in [3.05, 3.63) is 58.3 Å². The Balaban J connectivity index is 2.10. The van der Waals surface area contributed by atoms with E-state index < -0.39 is 5.82 Å². The van der Waals surface area contributed by atoms with E-state index in [1.165, 1.54) is 6.07 Å². The van der Waals surface area contributed by atoms with Gasteiger partial charge in [-0.1, -0.05) is 24.6 Å². The number of halogens is 2. The Morgan fingerprint density at radius 3 is 2.72 bits per heavy atom. The second kappa shape index (κ2) is 5.55. The summed E-state index contributed by atoms with van der Waals surface area (Å²) in [6, 6.07) is 8.23. The van der Waals surface area contributed by atoms with Crippen LogP contribution in [0.15, 0.2) is 34.7 Å². The Labute approximate surface area is 111 Å². The highest BCUT2D eigenvalue weighted by atomic mass is 35.5. The summed E-state index contributed by atoms with van der Waals surface area (Å²) in [4.78, 5) is 0. The van der Waals surface area contributed by atoms with Crippen molar-refractivity contribution in [3.8, 4) is 0 Å². The molecule has 0 aliphatic carbocycles. The normalized spacial score (nSPS) is 12.7. The van der Waals surface area contributed by atoms with Crippen LogP contribution in [0.2, 0.25) is 5.02 Å². The zero-order valence-electron chi connectivity index (χ0n) is 10.1. The highest BCUT2D eigenvalue weighted by Crippen LogP contribution is 2.22. The van der Waals surface area contributed by atoms with Crippen LogP contribution in [0.5, 0.6) is 0 Å². The lowest BCUT2D eigenvalue weighted by molar-refractivity contribution is 0.434. The third-order valence-electron chi connectivity index (χ3n) is 2.84. The van der Waals surface area contributed by atoms with E-state index in [2.05, 4.69) is 0 Å². The topological polar surface area (TPSA) is 39.2 Å². The summed E-state index contributed by atoms with van der Waals surface area (Å²) in [7, 11) is 0. The lowest BCUT2D eigenvalue weighted by atomic mass is 10.0. The maximum atomic E-state index is 13.3. The minimum absolute atomic E-state index is 0.124. The maximum Gasteiger partial charge on any atom is 0.142 e. The van der Waals surface area contributed by atoms with E-state index in [0.717, 1.165) is 23.5 Å². The Morgan fingerprint density at radius 1 is 1.33 bits per heavy atom. The highest BCUT2D eigenvalue weighted by Gasteiger charge is 2.12. The van der Waals surface area contributed by atoms with Crippen LogP contribution in [0.25, 0.3) is 0 Å². The van der Waals surface area contributed by atoms with Crippen LogP contribution < -0.4 is 5.73 Å². The molecular formula is C14H15ClFNO. The molecule has 1 heterocycles. The zero-order valence-corrected chi connectivity index (χ0v) is 10.9. The molecule has 0 saturated carbocycles. The molecule has 0 fully saturated rings. The van der Waals surface area contributed by atoms with E-state index in [1.54, 1.807) is 12.1 Å². The van der Waals surface area contributed by atoms with Gasteiger partial charge in [0, 0.05) is 6.42 Å². The van der Waals surface area contributed by atoms with Crippen molar-refractivity contribution in [3.63, 3.8) is 0 Å². The highest BCUT2D eigenvalue weighted by molar-refractivity contribution is 6.30. The lowest BCUT2D eigenvalue weighted by Gasteiger charge is -2.09. The summed E-state index contributed by atoms with van der Waals surface area (Å²) in [6.07, 6.45) is 1.35. The van der Waals surface area contributed by atoms with Gasteiger partial charge >= 0.3 is 0 Å². The fraction of sp³-hybridized carbons (Fsp3) is 0.286. The number of rotatable bonds is 4. The molecule has 2 aromatic rings. The second-order valence-electron chi connectivity index (χ2n) is 4.22. The molecular weight excluding hydrogens is 253 g/mol. The molecule has 1 aromatic heterocycles. The first-order valence-corrected chi connectivity index (χ1v) is 6.26. The minimum Gasteiger partial charge on any atom is -0.464 e. The molecule has 1 aromatic carbocycles. The van der Waals surface area contributed by atoms with Crippen molar-refractivity contribution in [2.75, 3.05) is 0 Å². The molecule has 2 nitrogen and oxygen atoms in total. The van der Waals surface area contributed by atoms with E-state index >= 15 is 0 Å². The third kappa shape index (κ3) is 2.92. The van der Waals surface area contributed by atoms with E-state index in [1.807, 2.05) is 19.1 Å². The van der Waals surface area contributed by atoms with Crippen LogP contribution in [0.4, 0.5) is 4.39 Å². The van der Waals surface area contributed by atoms with Crippen molar-refractivity contribution >= 4 is 11.6 Å². The van der Waals surface area contributed by atoms with Gasteiger partial charge in [0.25, 0.3) is 0 Å². The largest absolute Gasteiger partial charge is 0.464 e. The van der Waals surface area contributed by atoms with Crippen molar-refractivity contribution in [2.24, 2.45) is 5.73 Å². The van der Waals surface area contributed by atoms with Crippen molar-refractivity contribution < 1.29 is 8.81 Å². The molecule has 1 unspecified atom stereocenters. The molecule has 2 rings (SSSR count). The molecule has 0 radical (unpaired) electrons. The van der Waals surface area contributed by atoms with Gasteiger partial charge in [-0.05, 0) is 36.2 Å². The molecule has 96 valence electrons. The molecule has 1 atom stereocenters. The molecule has 18 heavy (non-hydrogen) atoms. The van der Waals surface area contributed by atoms with Gasteiger partial charge in [0.1, 0.15) is 17.3 Å².